The average molecular weight is 259 g/mol. The molecule has 4 nitrogen and oxygen atoms in total. The molecule has 0 aliphatic heterocycles. The van der Waals surface area contributed by atoms with Crippen molar-refractivity contribution >= 4 is 0 Å². The van der Waals surface area contributed by atoms with Crippen molar-refractivity contribution in [2.75, 3.05) is 0 Å². The number of benzene rings is 1. The highest BCUT2D eigenvalue weighted by Crippen LogP contribution is 2.29. The molecule has 0 spiro atoms. The minimum absolute atomic E-state index is 0.0882. The van der Waals surface area contributed by atoms with Crippen LogP contribution in [0.25, 0.3) is 0 Å². The lowest BCUT2D eigenvalue weighted by Gasteiger charge is -2.20. The summed E-state index contributed by atoms with van der Waals surface area (Å²) < 4.78 is 5.41. The summed E-state index contributed by atoms with van der Waals surface area (Å²) in [6, 6.07) is 10.3. The first kappa shape index (κ1) is 13.7. The molecule has 4 heteroatoms. The summed E-state index contributed by atoms with van der Waals surface area (Å²) >= 11 is 0. The van der Waals surface area contributed by atoms with Gasteiger partial charge in [-0.1, -0.05) is 42.4 Å². The maximum absolute atomic E-state index is 5.91. The Kier molecular flexibility index (Phi) is 4.00. The van der Waals surface area contributed by atoms with Gasteiger partial charge in [0.1, 0.15) is 0 Å². The highest BCUT2D eigenvalue weighted by molar-refractivity contribution is 5.29. The van der Waals surface area contributed by atoms with E-state index in [1.54, 1.807) is 0 Å². The lowest BCUT2D eigenvalue weighted by Crippen LogP contribution is -2.22. The Morgan fingerprint density at radius 2 is 1.95 bits per heavy atom. The molecule has 2 N–H and O–H groups in total. The number of hydrogen-bond acceptors (Lipinski definition) is 4. The predicted molar refractivity (Wildman–Crippen MR) is 74.8 cm³/mol. The first-order valence-corrected chi connectivity index (χ1v) is 6.68. The second-order valence-electron chi connectivity index (χ2n) is 5.38. The van der Waals surface area contributed by atoms with Gasteiger partial charge < -0.3 is 10.3 Å². The third-order valence-electron chi connectivity index (χ3n) is 3.47. The molecule has 0 fully saturated rings. The van der Waals surface area contributed by atoms with Crippen LogP contribution in [0.1, 0.15) is 44.5 Å². The van der Waals surface area contributed by atoms with Crippen molar-refractivity contribution < 1.29 is 4.52 Å². The van der Waals surface area contributed by atoms with E-state index in [-0.39, 0.29) is 11.5 Å². The van der Waals surface area contributed by atoms with Crippen LogP contribution in [0.3, 0.4) is 0 Å². The molecular formula is C15H21N3O. The molecule has 0 saturated carbocycles. The Balaban J connectivity index is 2.22. The van der Waals surface area contributed by atoms with Crippen LogP contribution in [0, 0.1) is 0 Å². The zero-order valence-electron chi connectivity index (χ0n) is 11.8. The summed E-state index contributed by atoms with van der Waals surface area (Å²) in [5, 5.41) is 4.03. The quantitative estimate of drug-likeness (QED) is 0.896. The molecule has 2 rings (SSSR count). The van der Waals surface area contributed by atoms with Crippen molar-refractivity contribution in [3.05, 3.63) is 47.6 Å². The number of nitrogens with zero attached hydrogens (tertiary/aromatic N) is 2. The molecule has 0 saturated heterocycles. The minimum Gasteiger partial charge on any atom is -0.338 e. The molecule has 0 aliphatic rings. The molecule has 1 atom stereocenters. The third kappa shape index (κ3) is 3.01. The highest BCUT2D eigenvalue weighted by atomic mass is 16.5. The summed E-state index contributed by atoms with van der Waals surface area (Å²) in [6.45, 7) is 6.22. The monoisotopic (exact) mass is 259 g/mol. The highest BCUT2D eigenvalue weighted by Gasteiger charge is 2.29. The smallest absolute Gasteiger partial charge is 0.236 e. The molecular weight excluding hydrogens is 238 g/mol. The molecule has 0 amide bonds. The lowest BCUT2D eigenvalue weighted by molar-refractivity contribution is 0.329. The van der Waals surface area contributed by atoms with Gasteiger partial charge in [-0.25, -0.2) is 0 Å². The van der Waals surface area contributed by atoms with Crippen LogP contribution in [-0.2, 0) is 11.8 Å². The van der Waals surface area contributed by atoms with E-state index >= 15 is 0 Å². The first-order valence-electron chi connectivity index (χ1n) is 6.68. The van der Waals surface area contributed by atoms with Crippen LogP contribution >= 0.6 is 0 Å². The number of aromatic nitrogens is 2. The Morgan fingerprint density at radius 1 is 1.26 bits per heavy atom. The summed E-state index contributed by atoms with van der Waals surface area (Å²) in [7, 11) is 0. The summed E-state index contributed by atoms with van der Waals surface area (Å²) in [6.07, 6.45) is 1.57. The fourth-order valence-electron chi connectivity index (χ4n) is 1.95. The van der Waals surface area contributed by atoms with Crippen molar-refractivity contribution in [1.82, 2.24) is 10.1 Å². The zero-order chi connectivity index (χ0) is 13.9. The van der Waals surface area contributed by atoms with Crippen molar-refractivity contribution in [3.63, 3.8) is 0 Å². The Hall–Kier alpha value is -1.68. The minimum atomic E-state index is -0.289. The van der Waals surface area contributed by atoms with Crippen molar-refractivity contribution in [3.8, 4) is 0 Å². The van der Waals surface area contributed by atoms with Gasteiger partial charge in [-0.15, -0.1) is 0 Å². The van der Waals surface area contributed by atoms with Gasteiger partial charge in [-0.05, 0) is 25.8 Å². The van der Waals surface area contributed by atoms with Gasteiger partial charge in [0, 0.05) is 12.5 Å². The van der Waals surface area contributed by atoms with Crippen LogP contribution in [0.4, 0.5) is 0 Å². The molecule has 1 unspecified atom stereocenters. The second-order valence-corrected chi connectivity index (χ2v) is 5.38. The lowest BCUT2D eigenvalue weighted by atomic mass is 9.84. The number of hydrogen-bond donors (Lipinski definition) is 1. The largest absolute Gasteiger partial charge is 0.338 e. The zero-order valence-corrected chi connectivity index (χ0v) is 11.8. The van der Waals surface area contributed by atoms with Crippen molar-refractivity contribution in [1.29, 1.82) is 0 Å². The van der Waals surface area contributed by atoms with E-state index < -0.39 is 0 Å². The molecule has 102 valence electrons. The number of rotatable bonds is 5. The van der Waals surface area contributed by atoms with Crippen molar-refractivity contribution in [2.45, 2.75) is 45.1 Å². The van der Waals surface area contributed by atoms with Gasteiger partial charge in [0.15, 0.2) is 5.82 Å². The standard InChI is InChI=1S/C15H21N3O/c1-4-12(16)10-13-17-14(19-18-13)15(2,3)11-8-6-5-7-9-11/h5-9,12H,4,10,16H2,1-3H3. The Morgan fingerprint density at radius 3 is 2.58 bits per heavy atom. The van der Waals surface area contributed by atoms with Crippen LogP contribution in [0.5, 0.6) is 0 Å². The summed E-state index contributed by atoms with van der Waals surface area (Å²) in [5.74, 6) is 1.32. The molecule has 0 bridgehead atoms. The van der Waals surface area contributed by atoms with Gasteiger partial charge in [-0.3, -0.25) is 0 Å². The molecule has 0 radical (unpaired) electrons. The molecule has 0 aliphatic carbocycles. The SMILES string of the molecule is CCC(N)Cc1noc(C(C)(C)c2ccccc2)n1. The maximum Gasteiger partial charge on any atom is 0.236 e. The fraction of sp³-hybridized carbons (Fsp3) is 0.467. The van der Waals surface area contributed by atoms with Gasteiger partial charge in [-0.2, -0.15) is 4.98 Å². The van der Waals surface area contributed by atoms with Crippen molar-refractivity contribution in [2.24, 2.45) is 5.73 Å². The predicted octanol–water partition coefficient (Wildman–Crippen LogP) is 2.68. The van der Waals surface area contributed by atoms with E-state index in [4.69, 9.17) is 10.3 Å². The van der Waals surface area contributed by atoms with E-state index in [2.05, 4.69) is 43.0 Å². The van der Waals surface area contributed by atoms with Gasteiger partial charge in [0.05, 0.1) is 5.41 Å². The average Bonchev–Trinajstić information content (AvgIpc) is 2.89. The van der Waals surface area contributed by atoms with Crippen LogP contribution < -0.4 is 5.73 Å². The molecule has 1 aromatic heterocycles. The van der Waals surface area contributed by atoms with E-state index in [9.17, 15) is 0 Å². The molecule has 1 aromatic carbocycles. The van der Waals surface area contributed by atoms with E-state index in [0.717, 1.165) is 12.0 Å². The van der Waals surface area contributed by atoms with Crippen LogP contribution in [0.15, 0.2) is 34.9 Å². The molecule has 19 heavy (non-hydrogen) atoms. The topological polar surface area (TPSA) is 64.9 Å². The van der Waals surface area contributed by atoms with Gasteiger partial charge in [0.2, 0.25) is 5.89 Å². The number of nitrogens with two attached hydrogens (primary N) is 1. The van der Waals surface area contributed by atoms with Crippen LogP contribution in [0.2, 0.25) is 0 Å². The van der Waals surface area contributed by atoms with E-state index in [1.165, 1.54) is 0 Å². The fourth-order valence-corrected chi connectivity index (χ4v) is 1.95. The Labute approximate surface area is 114 Å². The van der Waals surface area contributed by atoms with Gasteiger partial charge in [0.25, 0.3) is 0 Å². The Bertz CT molecular complexity index is 519. The van der Waals surface area contributed by atoms with E-state index in [0.29, 0.717) is 18.1 Å². The summed E-state index contributed by atoms with van der Waals surface area (Å²) in [4.78, 5) is 4.49. The first-order chi connectivity index (χ1) is 9.04. The third-order valence-corrected chi connectivity index (χ3v) is 3.47. The molecule has 1 heterocycles. The summed E-state index contributed by atoms with van der Waals surface area (Å²) in [5.41, 5.74) is 6.78. The van der Waals surface area contributed by atoms with E-state index in [1.807, 2.05) is 18.2 Å². The van der Waals surface area contributed by atoms with Gasteiger partial charge >= 0.3 is 0 Å². The molecule has 2 aromatic rings. The second kappa shape index (κ2) is 5.53. The van der Waals surface area contributed by atoms with Crippen LogP contribution in [-0.4, -0.2) is 16.2 Å². The maximum atomic E-state index is 5.91. The normalized spacial score (nSPS) is 13.5.